The first-order chi connectivity index (χ1) is 13.7. The second kappa shape index (κ2) is 7.79. The fraction of sp³-hybridized carbons (Fsp3) is 0.238. The highest BCUT2D eigenvalue weighted by molar-refractivity contribution is 7.12. The summed E-state index contributed by atoms with van der Waals surface area (Å²) in [4.78, 5) is 32.2. The maximum atomic E-state index is 12.9. The molecule has 0 spiro atoms. The number of rotatable bonds is 2. The summed E-state index contributed by atoms with van der Waals surface area (Å²) >= 11 is 1.34. The predicted octanol–water partition coefficient (Wildman–Crippen LogP) is 3.19. The van der Waals surface area contributed by atoms with Crippen molar-refractivity contribution >= 4 is 34.7 Å². The van der Waals surface area contributed by atoms with E-state index < -0.39 is 0 Å². The third kappa shape index (κ3) is 3.35. The van der Waals surface area contributed by atoms with Crippen molar-refractivity contribution in [1.82, 2.24) is 10.2 Å². The van der Waals surface area contributed by atoms with E-state index in [1.807, 2.05) is 29.6 Å². The molecule has 0 radical (unpaired) electrons. The summed E-state index contributed by atoms with van der Waals surface area (Å²) in [5.74, 6) is -0.185. The fourth-order valence-electron chi connectivity index (χ4n) is 3.45. The molecule has 4 rings (SSSR count). The molecule has 2 amide bonds. The lowest BCUT2D eigenvalue weighted by molar-refractivity contribution is -0.127. The Kier molecular flexibility index (Phi) is 5.04. The molecule has 0 unspecified atom stereocenters. The van der Waals surface area contributed by atoms with Crippen LogP contribution in [0, 0.1) is 11.3 Å². The van der Waals surface area contributed by atoms with Gasteiger partial charge in [0.25, 0.3) is 11.8 Å². The van der Waals surface area contributed by atoms with Crippen LogP contribution in [0.3, 0.4) is 0 Å². The number of nitrogens with zero attached hydrogens (tertiary/aromatic N) is 3. The summed E-state index contributed by atoms with van der Waals surface area (Å²) in [6, 6.07) is 12.9. The third-order valence-corrected chi connectivity index (χ3v) is 5.71. The van der Waals surface area contributed by atoms with E-state index in [1.54, 1.807) is 17.0 Å². The number of amides is 2. The van der Waals surface area contributed by atoms with Crippen molar-refractivity contribution in [3.05, 3.63) is 63.4 Å². The van der Waals surface area contributed by atoms with Gasteiger partial charge in [0, 0.05) is 24.2 Å². The molecular formula is C21H18N4O2S. The summed E-state index contributed by atoms with van der Waals surface area (Å²) in [6.45, 7) is 1.31. The number of hydrogen-bond donors (Lipinski definition) is 1. The molecule has 140 valence electrons. The Hall–Kier alpha value is -3.24. The Bertz CT molecular complexity index is 1020. The molecule has 0 atom stereocenters. The monoisotopic (exact) mass is 390 g/mol. The molecule has 0 saturated carbocycles. The van der Waals surface area contributed by atoms with Crippen LogP contribution in [0.1, 0.15) is 40.1 Å². The molecule has 0 aliphatic carbocycles. The van der Waals surface area contributed by atoms with Crippen molar-refractivity contribution in [1.29, 1.82) is 5.26 Å². The van der Waals surface area contributed by atoms with Gasteiger partial charge in [-0.15, -0.1) is 11.3 Å². The first-order valence-corrected chi connectivity index (χ1v) is 10.0. The Labute approximate surface area is 166 Å². The molecular weight excluding hydrogens is 372 g/mol. The maximum absolute atomic E-state index is 12.9. The molecule has 7 heteroatoms. The van der Waals surface area contributed by atoms with Crippen LogP contribution in [0.2, 0.25) is 0 Å². The summed E-state index contributed by atoms with van der Waals surface area (Å²) in [5, 5.41) is 14.4. The first-order valence-electron chi connectivity index (χ1n) is 9.16. The van der Waals surface area contributed by atoms with Crippen LogP contribution >= 0.6 is 11.3 Å². The number of thiophene rings is 1. The van der Waals surface area contributed by atoms with Crippen LogP contribution in [-0.2, 0) is 4.79 Å². The first kappa shape index (κ1) is 18.1. The quantitative estimate of drug-likeness (QED) is 0.631. The minimum Gasteiger partial charge on any atom is -0.338 e. The SMILES string of the molecule is N#CC(C(=O)N1CCCCC1)=C1N=C(NC(=O)c2cccs2)c2ccccc21. The predicted molar refractivity (Wildman–Crippen MR) is 108 cm³/mol. The Morgan fingerprint density at radius 2 is 1.82 bits per heavy atom. The van der Waals surface area contributed by atoms with E-state index in [2.05, 4.69) is 16.4 Å². The molecule has 1 saturated heterocycles. The molecule has 1 aromatic carbocycles. The highest BCUT2D eigenvalue weighted by Crippen LogP contribution is 2.31. The van der Waals surface area contributed by atoms with E-state index in [4.69, 9.17) is 0 Å². The Morgan fingerprint density at radius 3 is 2.50 bits per heavy atom. The maximum Gasteiger partial charge on any atom is 0.266 e. The van der Waals surface area contributed by atoms with E-state index in [0.29, 0.717) is 40.6 Å². The van der Waals surface area contributed by atoms with E-state index in [9.17, 15) is 14.9 Å². The molecule has 1 fully saturated rings. The zero-order chi connectivity index (χ0) is 19.5. The van der Waals surface area contributed by atoms with Crippen molar-refractivity contribution in [3.8, 4) is 6.07 Å². The fourth-order valence-corrected chi connectivity index (χ4v) is 4.07. The van der Waals surface area contributed by atoms with Crippen LogP contribution in [0.5, 0.6) is 0 Å². The molecule has 3 heterocycles. The molecule has 0 bridgehead atoms. The molecule has 2 aliphatic rings. The second-order valence-corrected chi connectivity index (χ2v) is 7.57. The number of hydrogen-bond acceptors (Lipinski definition) is 5. The number of benzene rings is 1. The average molecular weight is 390 g/mol. The van der Waals surface area contributed by atoms with Crippen molar-refractivity contribution < 1.29 is 9.59 Å². The van der Waals surface area contributed by atoms with Gasteiger partial charge < -0.3 is 10.2 Å². The Morgan fingerprint density at radius 1 is 1.07 bits per heavy atom. The van der Waals surface area contributed by atoms with E-state index in [0.717, 1.165) is 19.3 Å². The van der Waals surface area contributed by atoms with Gasteiger partial charge in [-0.2, -0.15) is 5.26 Å². The van der Waals surface area contributed by atoms with Crippen LogP contribution in [-0.4, -0.2) is 35.6 Å². The van der Waals surface area contributed by atoms with Gasteiger partial charge in [0.05, 0.1) is 10.6 Å². The van der Waals surface area contributed by atoms with Crippen LogP contribution in [0.25, 0.3) is 5.70 Å². The number of aliphatic imine (C=N–C) groups is 1. The normalized spacial score (nSPS) is 17.4. The molecule has 1 aromatic heterocycles. The van der Waals surface area contributed by atoms with Crippen molar-refractivity contribution in [2.24, 2.45) is 4.99 Å². The number of piperidine rings is 1. The third-order valence-electron chi connectivity index (χ3n) is 4.84. The highest BCUT2D eigenvalue weighted by atomic mass is 32.1. The number of likely N-dealkylation sites (tertiary alicyclic amines) is 1. The van der Waals surface area contributed by atoms with Gasteiger partial charge in [-0.3, -0.25) is 9.59 Å². The minimum atomic E-state index is -0.290. The van der Waals surface area contributed by atoms with Gasteiger partial charge in [0.1, 0.15) is 17.5 Å². The van der Waals surface area contributed by atoms with E-state index in [-0.39, 0.29) is 17.4 Å². The van der Waals surface area contributed by atoms with Gasteiger partial charge in [0.15, 0.2) is 0 Å². The molecule has 2 aliphatic heterocycles. The van der Waals surface area contributed by atoms with Gasteiger partial charge in [0.2, 0.25) is 0 Å². The van der Waals surface area contributed by atoms with Crippen LogP contribution < -0.4 is 5.32 Å². The minimum absolute atomic E-state index is 0.0229. The van der Waals surface area contributed by atoms with Gasteiger partial charge >= 0.3 is 0 Å². The van der Waals surface area contributed by atoms with Crippen LogP contribution in [0.15, 0.2) is 52.3 Å². The second-order valence-electron chi connectivity index (χ2n) is 6.63. The molecule has 28 heavy (non-hydrogen) atoms. The lowest BCUT2D eigenvalue weighted by Gasteiger charge is -2.26. The average Bonchev–Trinajstić information content (AvgIpc) is 3.39. The molecule has 2 aromatic rings. The molecule has 1 N–H and O–H groups in total. The number of nitriles is 1. The summed E-state index contributed by atoms with van der Waals surface area (Å²) in [5.41, 5.74) is 1.75. The van der Waals surface area contributed by atoms with E-state index >= 15 is 0 Å². The number of carbonyl (C=O) groups is 2. The lowest BCUT2D eigenvalue weighted by Crippen LogP contribution is -2.36. The van der Waals surface area contributed by atoms with Crippen LogP contribution in [0.4, 0.5) is 0 Å². The van der Waals surface area contributed by atoms with Gasteiger partial charge in [-0.25, -0.2) is 4.99 Å². The topological polar surface area (TPSA) is 85.6 Å². The summed E-state index contributed by atoms with van der Waals surface area (Å²) in [7, 11) is 0. The zero-order valence-electron chi connectivity index (χ0n) is 15.1. The molecule has 6 nitrogen and oxygen atoms in total. The van der Waals surface area contributed by atoms with E-state index in [1.165, 1.54) is 11.3 Å². The number of carbonyl (C=O) groups excluding carboxylic acids is 2. The summed E-state index contributed by atoms with van der Waals surface area (Å²) in [6.07, 6.45) is 2.99. The van der Waals surface area contributed by atoms with Crippen molar-refractivity contribution in [3.63, 3.8) is 0 Å². The highest BCUT2D eigenvalue weighted by Gasteiger charge is 2.29. The standard InChI is InChI=1S/C21H18N4O2S/c22-13-16(21(27)25-10-4-1-5-11-25)18-14-7-2-3-8-15(14)19(23-18)24-20(26)17-9-6-12-28-17/h2-3,6-9,12H,1,4-5,10-11H2,(H,23,24,26). The smallest absolute Gasteiger partial charge is 0.266 e. The largest absolute Gasteiger partial charge is 0.338 e. The van der Waals surface area contributed by atoms with Gasteiger partial charge in [-0.05, 0) is 30.7 Å². The Balaban J connectivity index is 1.72. The van der Waals surface area contributed by atoms with Crippen molar-refractivity contribution in [2.45, 2.75) is 19.3 Å². The number of nitrogens with one attached hydrogen (secondary N) is 1. The number of fused-ring (bicyclic) bond motifs is 1. The zero-order valence-corrected chi connectivity index (χ0v) is 16.0. The lowest BCUT2D eigenvalue weighted by atomic mass is 10.0. The van der Waals surface area contributed by atoms with Crippen molar-refractivity contribution in [2.75, 3.05) is 13.1 Å². The number of amidine groups is 1. The summed E-state index contributed by atoms with van der Waals surface area (Å²) < 4.78 is 0. The van der Waals surface area contributed by atoms with Gasteiger partial charge in [-0.1, -0.05) is 30.3 Å².